The van der Waals surface area contributed by atoms with Crippen molar-refractivity contribution in [1.82, 2.24) is 15.1 Å². The summed E-state index contributed by atoms with van der Waals surface area (Å²) in [6, 6.07) is 1.70. The maximum absolute atomic E-state index is 12.5. The van der Waals surface area contributed by atoms with Crippen molar-refractivity contribution >= 4 is 0 Å². The zero-order valence-corrected chi connectivity index (χ0v) is 8.50. The fourth-order valence-corrected chi connectivity index (χ4v) is 1.29. The quantitative estimate of drug-likeness (QED) is 0.830. The van der Waals surface area contributed by atoms with Crippen LogP contribution in [0, 0.1) is 6.92 Å². The molecule has 0 aliphatic heterocycles. The van der Waals surface area contributed by atoms with Gasteiger partial charge in [-0.1, -0.05) is 5.16 Å². The lowest BCUT2D eigenvalue weighted by Crippen LogP contribution is -2.07. The number of alkyl halides is 3. The number of H-pyrrole nitrogens is 1. The maximum atomic E-state index is 12.5. The lowest BCUT2D eigenvalue weighted by atomic mass is 10.2. The number of rotatable bonds is 1. The summed E-state index contributed by atoms with van der Waals surface area (Å²) in [6.45, 7) is 1.41. The van der Waals surface area contributed by atoms with Gasteiger partial charge in [-0.25, -0.2) is 9.78 Å². The first kappa shape index (κ1) is 11.4. The third kappa shape index (κ3) is 2.35. The summed E-state index contributed by atoms with van der Waals surface area (Å²) in [4.78, 5) is 16.7. The van der Waals surface area contributed by atoms with E-state index in [2.05, 4.69) is 19.6 Å². The molecule has 17 heavy (non-hydrogen) atoms. The molecule has 2 heterocycles. The third-order valence-electron chi connectivity index (χ3n) is 1.96. The van der Waals surface area contributed by atoms with Gasteiger partial charge >= 0.3 is 11.9 Å². The fraction of sp³-hybridized carbons (Fsp3) is 0.222. The minimum Gasteiger partial charge on any atom is -0.296 e. The predicted molar refractivity (Wildman–Crippen MR) is 50.1 cm³/mol. The Hall–Kier alpha value is -2.12. The number of aromatic nitrogens is 3. The number of nitrogens with zero attached hydrogens (tertiary/aromatic N) is 2. The summed E-state index contributed by atoms with van der Waals surface area (Å²) in [5.41, 5.74) is -0.786. The first-order valence-electron chi connectivity index (χ1n) is 4.48. The number of aromatic amines is 1. The highest BCUT2D eigenvalue weighted by molar-refractivity contribution is 5.50. The van der Waals surface area contributed by atoms with Crippen LogP contribution < -0.4 is 5.76 Å². The number of halogens is 3. The van der Waals surface area contributed by atoms with Gasteiger partial charge in [0, 0.05) is 5.69 Å². The molecule has 0 saturated heterocycles. The van der Waals surface area contributed by atoms with Gasteiger partial charge in [-0.15, -0.1) is 0 Å². The second-order valence-corrected chi connectivity index (χ2v) is 3.32. The molecule has 5 nitrogen and oxygen atoms in total. The minimum absolute atomic E-state index is 0.0943. The highest BCUT2D eigenvalue weighted by atomic mass is 19.4. The van der Waals surface area contributed by atoms with E-state index in [1.54, 1.807) is 0 Å². The van der Waals surface area contributed by atoms with Gasteiger partial charge in [0.15, 0.2) is 0 Å². The molecular formula is C9H6F3N3O2. The van der Waals surface area contributed by atoms with E-state index in [0.717, 1.165) is 12.1 Å². The van der Waals surface area contributed by atoms with Gasteiger partial charge in [0.25, 0.3) is 0 Å². The van der Waals surface area contributed by atoms with Crippen LogP contribution in [0.5, 0.6) is 0 Å². The van der Waals surface area contributed by atoms with Gasteiger partial charge in [0.1, 0.15) is 5.69 Å². The number of nitrogens with one attached hydrogen (secondary N) is 1. The van der Waals surface area contributed by atoms with E-state index in [1.807, 2.05) is 0 Å². The zero-order valence-electron chi connectivity index (χ0n) is 8.50. The average molecular weight is 245 g/mol. The molecule has 0 amide bonds. The topological polar surface area (TPSA) is 71.8 Å². The Morgan fingerprint density at radius 2 is 2.06 bits per heavy atom. The van der Waals surface area contributed by atoms with Crippen molar-refractivity contribution < 1.29 is 17.7 Å². The highest BCUT2D eigenvalue weighted by Gasteiger charge is 2.31. The van der Waals surface area contributed by atoms with Crippen LogP contribution in [0.25, 0.3) is 11.5 Å². The minimum atomic E-state index is -4.48. The van der Waals surface area contributed by atoms with E-state index < -0.39 is 17.5 Å². The van der Waals surface area contributed by atoms with Gasteiger partial charge in [-0.05, 0) is 19.1 Å². The van der Waals surface area contributed by atoms with E-state index in [0.29, 0.717) is 0 Å². The Morgan fingerprint density at radius 1 is 1.35 bits per heavy atom. The highest BCUT2D eigenvalue weighted by Crippen LogP contribution is 2.31. The van der Waals surface area contributed by atoms with Gasteiger partial charge in [0.05, 0.1) is 5.56 Å². The monoisotopic (exact) mass is 245 g/mol. The normalized spacial score (nSPS) is 11.8. The van der Waals surface area contributed by atoms with Crippen LogP contribution in [0.1, 0.15) is 11.3 Å². The SMILES string of the molecule is Cc1cc(C(F)(F)F)cc(-c2noc(=O)[nH]2)n1. The van der Waals surface area contributed by atoms with Crippen LogP contribution >= 0.6 is 0 Å². The summed E-state index contributed by atoms with van der Waals surface area (Å²) in [5, 5.41) is 3.28. The molecule has 2 rings (SSSR count). The van der Waals surface area contributed by atoms with Crippen molar-refractivity contribution in [2.24, 2.45) is 0 Å². The second kappa shape index (κ2) is 3.72. The number of aryl methyl sites for hydroxylation is 1. The maximum Gasteiger partial charge on any atom is 0.439 e. The molecule has 2 aromatic rings. The smallest absolute Gasteiger partial charge is 0.296 e. The summed E-state index contributed by atoms with van der Waals surface area (Å²) in [6.07, 6.45) is -4.48. The van der Waals surface area contributed by atoms with E-state index >= 15 is 0 Å². The van der Waals surface area contributed by atoms with E-state index in [9.17, 15) is 18.0 Å². The fourth-order valence-electron chi connectivity index (χ4n) is 1.29. The summed E-state index contributed by atoms with van der Waals surface area (Å²) in [7, 11) is 0. The molecule has 0 saturated carbocycles. The van der Waals surface area contributed by atoms with E-state index in [-0.39, 0.29) is 17.2 Å². The molecule has 0 spiro atoms. The van der Waals surface area contributed by atoms with Gasteiger partial charge in [0.2, 0.25) is 5.82 Å². The Balaban J connectivity index is 2.56. The molecule has 90 valence electrons. The zero-order chi connectivity index (χ0) is 12.6. The molecule has 1 N–H and O–H groups in total. The number of pyridine rings is 1. The van der Waals surface area contributed by atoms with Crippen LogP contribution in [-0.4, -0.2) is 15.1 Å². The molecule has 8 heteroatoms. The average Bonchev–Trinajstić information content (AvgIpc) is 2.62. The molecule has 0 radical (unpaired) electrons. The van der Waals surface area contributed by atoms with E-state index in [1.165, 1.54) is 6.92 Å². The van der Waals surface area contributed by atoms with Crippen molar-refractivity contribution in [1.29, 1.82) is 0 Å². The lowest BCUT2D eigenvalue weighted by Gasteiger charge is -2.08. The predicted octanol–water partition coefficient (Wildman–Crippen LogP) is 1.75. The Labute approximate surface area is 92.3 Å². The standard InChI is InChI=1S/C9H6F3N3O2/c1-4-2-5(9(10,11)12)3-6(13-4)7-14-8(16)17-15-7/h2-3H,1H3,(H,14,15,16). The van der Waals surface area contributed by atoms with Crippen molar-refractivity contribution in [3.63, 3.8) is 0 Å². The summed E-state index contributed by atoms with van der Waals surface area (Å²) in [5.74, 6) is -0.985. The number of hydrogen-bond donors (Lipinski definition) is 1. The molecule has 0 aliphatic carbocycles. The van der Waals surface area contributed by atoms with Crippen molar-refractivity contribution in [3.05, 3.63) is 33.9 Å². The van der Waals surface area contributed by atoms with Crippen molar-refractivity contribution in [3.8, 4) is 11.5 Å². The molecule has 0 bridgehead atoms. The first-order chi connectivity index (χ1) is 7.86. The Bertz CT molecular complexity index is 600. The van der Waals surface area contributed by atoms with Gasteiger partial charge in [-0.3, -0.25) is 9.51 Å². The van der Waals surface area contributed by atoms with Crippen molar-refractivity contribution in [2.75, 3.05) is 0 Å². The first-order valence-corrected chi connectivity index (χ1v) is 4.48. The number of hydrogen-bond acceptors (Lipinski definition) is 4. The van der Waals surface area contributed by atoms with Crippen molar-refractivity contribution in [2.45, 2.75) is 13.1 Å². The van der Waals surface area contributed by atoms with Crippen LogP contribution in [0.2, 0.25) is 0 Å². The third-order valence-corrected chi connectivity index (χ3v) is 1.96. The molecule has 0 aliphatic rings. The molecule has 0 unspecified atom stereocenters. The van der Waals surface area contributed by atoms with Crippen LogP contribution in [0.3, 0.4) is 0 Å². The summed E-state index contributed by atoms with van der Waals surface area (Å²) >= 11 is 0. The summed E-state index contributed by atoms with van der Waals surface area (Å²) < 4.78 is 41.8. The van der Waals surface area contributed by atoms with Crippen LogP contribution in [-0.2, 0) is 6.18 Å². The molecule has 0 aromatic carbocycles. The Kier molecular flexibility index (Phi) is 2.49. The molecule has 2 aromatic heterocycles. The molecule has 0 atom stereocenters. The van der Waals surface area contributed by atoms with E-state index in [4.69, 9.17) is 0 Å². The lowest BCUT2D eigenvalue weighted by molar-refractivity contribution is -0.137. The molecular weight excluding hydrogens is 239 g/mol. The largest absolute Gasteiger partial charge is 0.439 e. The Morgan fingerprint density at radius 3 is 2.59 bits per heavy atom. The van der Waals surface area contributed by atoms with Gasteiger partial charge in [-0.2, -0.15) is 13.2 Å². The van der Waals surface area contributed by atoms with Crippen LogP contribution in [0.4, 0.5) is 13.2 Å². The second-order valence-electron chi connectivity index (χ2n) is 3.32. The molecule has 0 fully saturated rings. The van der Waals surface area contributed by atoms with Gasteiger partial charge < -0.3 is 0 Å². The van der Waals surface area contributed by atoms with Crippen LogP contribution in [0.15, 0.2) is 21.5 Å².